The smallest absolute Gasteiger partial charge is 0.291 e. The first kappa shape index (κ1) is 15.0. The van der Waals surface area contributed by atoms with E-state index in [1.165, 1.54) is 6.26 Å². The van der Waals surface area contributed by atoms with Crippen molar-refractivity contribution in [3.05, 3.63) is 82.5 Å². The third-order valence-electron chi connectivity index (χ3n) is 3.11. The number of nitrogens with one attached hydrogen (secondary N) is 1. The number of thiophene rings is 1. The maximum atomic E-state index is 12.1. The molecule has 0 saturated carbocycles. The van der Waals surface area contributed by atoms with E-state index in [0.717, 1.165) is 4.88 Å². The van der Waals surface area contributed by atoms with Crippen LogP contribution in [0.5, 0.6) is 0 Å². The molecule has 1 aromatic carbocycles. The van der Waals surface area contributed by atoms with Crippen LogP contribution >= 0.6 is 11.3 Å². The molecule has 23 heavy (non-hydrogen) atoms. The summed E-state index contributed by atoms with van der Waals surface area (Å²) >= 11 is 1.57. The third kappa shape index (κ3) is 3.84. The van der Waals surface area contributed by atoms with Crippen molar-refractivity contribution in [3.8, 4) is 0 Å². The van der Waals surface area contributed by atoms with Crippen LogP contribution in [0, 0.1) is 0 Å². The lowest BCUT2D eigenvalue weighted by Crippen LogP contribution is -2.10. The van der Waals surface area contributed by atoms with E-state index in [1.54, 1.807) is 59.9 Å². The zero-order valence-corrected chi connectivity index (χ0v) is 12.9. The van der Waals surface area contributed by atoms with E-state index in [2.05, 4.69) is 5.32 Å². The highest BCUT2D eigenvalue weighted by Crippen LogP contribution is 2.14. The molecule has 1 N–H and O–H groups in total. The van der Waals surface area contributed by atoms with Crippen molar-refractivity contribution in [2.24, 2.45) is 0 Å². The first-order chi connectivity index (χ1) is 11.2. The van der Waals surface area contributed by atoms with Crippen LogP contribution in [0.2, 0.25) is 0 Å². The molecule has 114 valence electrons. The van der Waals surface area contributed by atoms with E-state index in [1.807, 2.05) is 17.5 Å². The third-order valence-corrected chi connectivity index (χ3v) is 3.95. The number of carbonyl (C=O) groups is 2. The lowest BCUT2D eigenvalue weighted by Gasteiger charge is -2.03. The number of hydrogen-bond donors (Lipinski definition) is 1. The van der Waals surface area contributed by atoms with E-state index < -0.39 is 0 Å². The Morgan fingerprint density at radius 3 is 2.52 bits per heavy atom. The fourth-order valence-electron chi connectivity index (χ4n) is 1.96. The van der Waals surface area contributed by atoms with Crippen molar-refractivity contribution in [1.82, 2.24) is 0 Å². The monoisotopic (exact) mass is 323 g/mol. The molecule has 2 heterocycles. The highest BCUT2D eigenvalue weighted by Gasteiger charge is 2.09. The Kier molecular flexibility index (Phi) is 4.49. The van der Waals surface area contributed by atoms with Gasteiger partial charge in [-0.3, -0.25) is 9.59 Å². The molecule has 2 aromatic heterocycles. The maximum absolute atomic E-state index is 12.1. The summed E-state index contributed by atoms with van der Waals surface area (Å²) < 4.78 is 5.02. The number of carbonyl (C=O) groups excluding carboxylic acids is 2. The molecule has 0 bridgehead atoms. The van der Waals surface area contributed by atoms with Crippen molar-refractivity contribution in [2.45, 2.75) is 0 Å². The summed E-state index contributed by atoms with van der Waals surface area (Å²) in [6, 6.07) is 13.9. The lowest BCUT2D eigenvalue weighted by molar-refractivity contribution is 0.0996. The van der Waals surface area contributed by atoms with Crippen LogP contribution in [0.15, 0.2) is 70.7 Å². The SMILES string of the molecule is O=C(C=Cc1cccs1)c1ccc(NC(=O)c2ccco2)cc1. The second kappa shape index (κ2) is 6.89. The summed E-state index contributed by atoms with van der Waals surface area (Å²) in [5, 5.41) is 4.66. The Hall–Kier alpha value is -2.92. The van der Waals surface area contributed by atoms with Gasteiger partial charge in [0.05, 0.1) is 6.26 Å². The molecule has 0 radical (unpaired) electrons. The zero-order valence-electron chi connectivity index (χ0n) is 12.1. The van der Waals surface area contributed by atoms with Gasteiger partial charge in [-0.05, 0) is 60.0 Å². The van der Waals surface area contributed by atoms with Crippen LogP contribution < -0.4 is 5.32 Å². The molecule has 3 aromatic rings. The van der Waals surface area contributed by atoms with Crippen molar-refractivity contribution < 1.29 is 14.0 Å². The van der Waals surface area contributed by atoms with Gasteiger partial charge in [0.15, 0.2) is 11.5 Å². The van der Waals surface area contributed by atoms with Crippen LogP contribution in [0.25, 0.3) is 6.08 Å². The van der Waals surface area contributed by atoms with Gasteiger partial charge < -0.3 is 9.73 Å². The van der Waals surface area contributed by atoms with Gasteiger partial charge in [0.1, 0.15) is 0 Å². The molecule has 0 aliphatic rings. The van der Waals surface area contributed by atoms with Gasteiger partial charge in [-0.15, -0.1) is 11.3 Å². The Balaban J connectivity index is 1.65. The molecule has 3 rings (SSSR count). The fourth-order valence-corrected chi connectivity index (χ4v) is 2.58. The van der Waals surface area contributed by atoms with E-state index in [0.29, 0.717) is 11.3 Å². The van der Waals surface area contributed by atoms with Crippen molar-refractivity contribution in [3.63, 3.8) is 0 Å². The van der Waals surface area contributed by atoms with Gasteiger partial charge in [0.2, 0.25) is 0 Å². The molecule has 0 saturated heterocycles. The van der Waals surface area contributed by atoms with Crippen LogP contribution in [0.1, 0.15) is 25.8 Å². The molecule has 0 aliphatic carbocycles. The van der Waals surface area contributed by atoms with Gasteiger partial charge in [-0.25, -0.2) is 0 Å². The molecule has 1 amide bonds. The van der Waals surface area contributed by atoms with Gasteiger partial charge in [0.25, 0.3) is 5.91 Å². The summed E-state index contributed by atoms with van der Waals surface area (Å²) in [6.07, 6.45) is 4.78. The molecular weight excluding hydrogens is 310 g/mol. The fraction of sp³-hybridized carbons (Fsp3) is 0. The number of ketones is 1. The second-order valence-corrected chi connectivity index (χ2v) is 5.70. The minimum absolute atomic E-state index is 0.0812. The molecule has 0 atom stereocenters. The quantitative estimate of drug-likeness (QED) is 0.556. The van der Waals surface area contributed by atoms with Crippen LogP contribution in [-0.4, -0.2) is 11.7 Å². The molecule has 0 spiro atoms. The zero-order chi connectivity index (χ0) is 16.1. The standard InChI is InChI=1S/C18H13NO3S/c20-16(10-9-15-3-2-12-23-15)13-5-7-14(8-6-13)19-18(21)17-4-1-11-22-17/h1-12H,(H,19,21). The Morgan fingerprint density at radius 2 is 1.87 bits per heavy atom. The van der Waals surface area contributed by atoms with E-state index >= 15 is 0 Å². The van der Waals surface area contributed by atoms with E-state index in [-0.39, 0.29) is 17.5 Å². The maximum Gasteiger partial charge on any atom is 0.291 e. The molecule has 0 fully saturated rings. The van der Waals surface area contributed by atoms with Crippen LogP contribution in [0.3, 0.4) is 0 Å². The first-order valence-corrected chi connectivity index (χ1v) is 7.81. The molecular formula is C18H13NO3S. The minimum Gasteiger partial charge on any atom is -0.459 e. The van der Waals surface area contributed by atoms with Gasteiger partial charge in [-0.2, -0.15) is 0 Å². The Bertz CT molecular complexity index is 816. The number of furan rings is 1. The number of amides is 1. The topological polar surface area (TPSA) is 59.3 Å². The van der Waals surface area contributed by atoms with Gasteiger partial charge in [0, 0.05) is 16.1 Å². The van der Waals surface area contributed by atoms with Gasteiger partial charge >= 0.3 is 0 Å². The first-order valence-electron chi connectivity index (χ1n) is 6.93. The van der Waals surface area contributed by atoms with Crippen molar-refractivity contribution in [1.29, 1.82) is 0 Å². The lowest BCUT2D eigenvalue weighted by atomic mass is 10.1. The number of hydrogen-bond acceptors (Lipinski definition) is 4. The predicted molar refractivity (Wildman–Crippen MR) is 90.8 cm³/mol. The average molecular weight is 323 g/mol. The Labute approximate surface area is 137 Å². The minimum atomic E-state index is -0.327. The van der Waals surface area contributed by atoms with Crippen LogP contribution in [-0.2, 0) is 0 Å². The van der Waals surface area contributed by atoms with Gasteiger partial charge in [-0.1, -0.05) is 6.07 Å². The predicted octanol–water partition coefficient (Wildman–Crippen LogP) is 4.49. The van der Waals surface area contributed by atoms with Crippen molar-refractivity contribution >= 4 is 34.8 Å². The summed E-state index contributed by atoms with van der Waals surface area (Å²) in [6.45, 7) is 0. The Morgan fingerprint density at radius 1 is 1.04 bits per heavy atom. The summed E-state index contributed by atoms with van der Waals surface area (Å²) in [7, 11) is 0. The molecule has 0 aliphatic heterocycles. The van der Waals surface area contributed by atoms with Crippen LogP contribution in [0.4, 0.5) is 5.69 Å². The van der Waals surface area contributed by atoms with Crippen molar-refractivity contribution in [2.75, 3.05) is 5.32 Å². The number of allylic oxidation sites excluding steroid dienone is 1. The highest BCUT2D eigenvalue weighted by atomic mass is 32.1. The summed E-state index contributed by atoms with van der Waals surface area (Å²) in [4.78, 5) is 25.0. The molecule has 5 heteroatoms. The number of rotatable bonds is 5. The summed E-state index contributed by atoms with van der Waals surface area (Å²) in [5.41, 5.74) is 1.17. The van der Waals surface area contributed by atoms with E-state index in [9.17, 15) is 9.59 Å². The largest absolute Gasteiger partial charge is 0.459 e. The highest BCUT2D eigenvalue weighted by molar-refractivity contribution is 7.10. The average Bonchev–Trinajstić information content (AvgIpc) is 3.26. The summed E-state index contributed by atoms with van der Waals surface area (Å²) in [5.74, 6) is -0.169. The molecule has 0 unspecified atom stereocenters. The number of benzene rings is 1. The van der Waals surface area contributed by atoms with E-state index in [4.69, 9.17) is 4.42 Å². The second-order valence-electron chi connectivity index (χ2n) is 4.72. The molecule has 4 nitrogen and oxygen atoms in total. The normalized spacial score (nSPS) is 10.8. The number of anilines is 1.